The molecule has 1 N–H and O–H groups in total. The molecule has 2 atom stereocenters. The number of carbonyl (C=O) groups excluding carboxylic acids is 1. The number of aromatic nitrogens is 2. The number of carbonyl (C=O) groups is 1. The predicted molar refractivity (Wildman–Crippen MR) is 104 cm³/mol. The smallest absolute Gasteiger partial charge is 0.295 e. The van der Waals surface area contributed by atoms with Crippen LogP contribution >= 0.6 is 0 Å². The number of nitrogens with zero attached hydrogens (tertiary/aromatic N) is 3. The maximum Gasteiger partial charge on any atom is 0.295 e. The molecule has 0 aliphatic carbocycles. The first-order valence-corrected chi connectivity index (χ1v) is 9.23. The predicted octanol–water partition coefficient (Wildman–Crippen LogP) is 2.40. The largest absolute Gasteiger partial charge is 0.319 e. The van der Waals surface area contributed by atoms with Gasteiger partial charge in [0, 0.05) is 20.1 Å². The standard InChI is InChI=1S/C20H28N4O2/c1-14-10-15(2)12-23(11-14)13-18(25)21-19-16(3)22(4)24(20(19)26)17-8-6-5-7-9-17/h5-9,14-15H,10-13H2,1-4H3,(H,21,25)/t14-,15-/m1/s1. The summed E-state index contributed by atoms with van der Waals surface area (Å²) in [6, 6.07) is 9.45. The number of benzene rings is 1. The van der Waals surface area contributed by atoms with Crippen LogP contribution in [-0.4, -0.2) is 39.8 Å². The zero-order chi connectivity index (χ0) is 18.8. The number of para-hydroxylation sites is 1. The van der Waals surface area contributed by atoms with Crippen molar-refractivity contribution in [3.63, 3.8) is 0 Å². The Morgan fingerprint density at radius 2 is 1.77 bits per heavy atom. The summed E-state index contributed by atoms with van der Waals surface area (Å²) in [5.74, 6) is 1.07. The van der Waals surface area contributed by atoms with Crippen LogP contribution in [0, 0.1) is 18.8 Å². The van der Waals surface area contributed by atoms with E-state index in [0.717, 1.165) is 24.5 Å². The average Bonchev–Trinajstić information content (AvgIpc) is 2.78. The lowest BCUT2D eigenvalue weighted by molar-refractivity contribution is -0.117. The van der Waals surface area contributed by atoms with Gasteiger partial charge in [0.2, 0.25) is 5.91 Å². The zero-order valence-corrected chi connectivity index (χ0v) is 16.0. The average molecular weight is 356 g/mol. The van der Waals surface area contributed by atoms with Crippen molar-refractivity contribution in [1.29, 1.82) is 0 Å². The van der Waals surface area contributed by atoms with E-state index in [-0.39, 0.29) is 11.5 Å². The summed E-state index contributed by atoms with van der Waals surface area (Å²) in [7, 11) is 1.83. The van der Waals surface area contributed by atoms with E-state index >= 15 is 0 Å². The normalized spacial score (nSPS) is 20.9. The minimum absolute atomic E-state index is 0.127. The third-order valence-corrected chi connectivity index (χ3v) is 5.13. The summed E-state index contributed by atoms with van der Waals surface area (Å²) in [5, 5.41) is 2.85. The molecule has 1 aliphatic rings. The second-order valence-electron chi connectivity index (χ2n) is 7.62. The van der Waals surface area contributed by atoms with Gasteiger partial charge in [-0.1, -0.05) is 32.0 Å². The quantitative estimate of drug-likeness (QED) is 0.915. The molecule has 1 amide bonds. The molecule has 0 radical (unpaired) electrons. The van der Waals surface area contributed by atoms with Crippen LogP contribution in [-0.2, 0) is 11.8 Å². The van der Waals surface area contributed by atoms with Gasteiger partial charge in [-0.25, -0.2) is 4.68 Å². The third kappa shape index (κ3) is 3.75. The molecule has 6 nitrogen and oxygen atoms in total. The van der Waals surface area contributed by atoms with Gasteiger partial charge in [-0.2, -0.15) is 0 Å². The third-order valence-electron chi connectivity index (χ3n) is 5.13. The van der Waals surface area contributed by atoms with E-state index in [9.17, 15) is 9.59 Å². The van der Waals surface area contributed by atoms with Crippen LogP contribution in [0.3, 0.4) is 0 Å². The highest BCUT2D eigenvalue weighted by Crippen LogP contribution is 2.21. The van der Waals surface area contributed by atoms with Crippen molar-refractivity contribution in [3.8, 4) is 5.69 Å². The molecule has 2 aromatic rings. The second kappa shape index (κ2) is 7.50. The van der Waals surface area contributed by atoms with Crippen molar-refractivity contribution in [1.82, 2.24) is 14.3 Å². The molecule has 0 saturated carbocycles. The fraction of sp³-hybridized carbons (Fsp3) is 0.500. The summed E-state index contributed by atoms with van der Waals surface area (Å²) in [5.41, 5.74) is 1.68. The lowest BCUT2D eigenvalue weighted by Gasteiger charge is -2.34. The number of amides is 1. The van der Waals surface area contributed by atoms with Crippen LogP contribution in [0.25, 0.3) is 5.69 Å². The first kappa shape index (κ1) is 18.5. The molecular weight excluding hydrogens is 328 g/mol. The SMILES string of the molecule is Cc1c(NC(=O)CN2C[C@H](C)C[C@@H](C)C2)c(=O)n(-c2ccccc2)n1C. The van der Waals surface area contributed by atoms with Gasteiger partial charge in [0.05, 0.1) is 17.9 Å². The first-order chi connectivity index (χ1) is 12.4. The van der Waals surface area contributed by atoms with Crippen molar-refractivity contribution >= 4 is 11.6 Å². The Hall–Kier alpha value is -2.34. The molecule has 2 heterocycles. The maximum absolute atomic E-state index is 12.9. The molecule has 0 spiro atoms. The van der Waals surface area contributed by atoms with Gasteiger partial charge in [0.1, 0.15) is 5.69 Å². The fourth-order valence-corrected chi connectivity index (χ4v) is 4.02. The maximum atomic E-state index is 12.9. The van der Waals surface area contributed by atoms with E-state index in [1.807, 2.05) is 44.3 Å². The summed E-state index contributed by atoms with van der Waals surface area (Å²) >= 11 is 0. The molecule has 140 valence electrons. The van der Waals surface area contributed by atoms with Gasteiger partial charge < -0.3 is 5.32 Å². The molecule has 1 fully saturated rings. The van der Waals surface area contributed by atoms with Crippen LogP contribution in [0.2, 0.25) is 0 Å². The van der Waals surface area contributed by atoms with E-state index in [1.54, 1.807) is 9.36 Å². The van der Waals surface area contributed by atoms with Crippen molar-refractivity contribution in [3.05, 3.63) is 46.4 Å². The van der Waals surface area contributed by atoms with Crippen molar-refractivity contribution in [2.45, 2.75) is 27.2 Å². The fourth-order valence-electron chi connectivity index (χ4n) is 4.02. The number of piperidine rings is 1. The molecule has 0 bridgehead atoms. The summed E-state index contributed by atoms with van der Waals surface area (Å²) in [4.78, 5) is 27.6. The van der Waals surface area contributed by atoms with Crippen LogP contribution in [0.4, 0.5) is 5.69 Å². The summed E-state index contributed by atoms with van der Waals surface area (Å²) < 4.78 is 3.36. The Labute approximate surface area is 154 Å². The Kier molecular flexibility index (Phi) is 5.32. The van der Waals surface area contributed by atoms with Crippen molar-refractivity contribution in [2.24, 2.45) is 18.9 Å². The first-order valence-electron chi connectivity index (χ1n) is 9.23. The van der Waals surface area contributed by atoms with Crippen LogP contribution in [0.1, 0.15) is 26.0 Å². The van der Waals surface area contributed by atoms with E-state index in [0.29, 0.717) is 24.1 Å². The molecule has 1 aromatic heterocycles. The number of hydrogen-bond acceptors (Lipinski definition) is 3. The second-order valence-corrected chi connectivity index (χ2v) is 7.62. The van der Waals surface area contributed by atoms with Gasteiger partial charge in [-0.05, 0) is 37.3 Å². The number of nitrogens with one attached hydrogen (secondary N) is 1. The van der Waals surface area contributed by atoms with E-state index in [4.69, 9.17) is 0 Å². The Bertz CT molecular complexity index is 827. The lowest BCUT2D eigenvalue weighted by atomic mass is 9.92. The topological polar surface area (TPSA) is 59.3 Å². The lowest BCUT2D eigenvalue weighted by Crippen LogP contribution is -2.43. The molecule has 0 unspecified atom stereocenters. The van der Waals surface area contributed by atoms with Crippen molar-refractivity contribution in [2.75, 3.05) is 25.0 Å². The minimum atomic E-state index is -0.204. The molecule has 1 aromatic carbocycles. The number of anilines is 1. The van der Waals surface area contributed by atoms with Crippen LogP contribution in [0.5, 0.6) is 0 Å². The van der Waals surface area contributed by atoms with Gasteiger partial charge >= 0.3 is 0 Å². The number of hydrogen-bond donors (Lipinski definition) is 1. The van der Waals surface area contributed by atoms with Gasteiger partial charge in [0.25, 0.3) is 5.56 Å². The van der Waals surface area contributed by atoms with Crippen LogP contribution in [0.15, 0.2) is 35.1 Å². The number of rotatable bonds is 4. The molecule has 26 heavy (non-hydrogen) atoms. The summed E-state index contributed by atoms with van der Waals surface area (Å²) in [6.45, 7) is 8.48. The molecule has 6 heteroatoms. The van der Waals surface area contributed by atoms with E-state index in [2.05, 4.69) is 24.1 Å². The summed E-state index contributed by atoms with van der Waals surface area (Å²) in [6.07, 6.45) is 1.21. The molecule has 3 rings (SSSR count). The van der Waals surface area contributed by atoms with Gasteiger partial charge in [-0.15, -0.1) is 0 Å². The monoisotopic (exact) mass is 356 g/mol. The van der Waals surface area contributed by atoms with E-state index in [1.165, 1.54) is 6.42 Å². The Morgan fingerprint density at radius 1 is 1.15 bits per heavy atom. The number of likely N-dealkylation sites (tertiary alicyclic amines) is 1. The molecular formula is C20H28N4O2. The van der Waals surface area contributed by atoms with Crippen molar-refractivity contribution < 1.29 is 4.79 Å². The Balaban J connectivity index is 1.78. The Morgan fingerprint density at radius 3 is 2.38 bits per heavy atom. The molecule has 1 aliphatic heterocycles. The van der Waals surface area contributed by atoms with E-state index < -0.39 is 0 Å². The highest BCUT2D eigenvalue weighted by Gasteiger charge is 2.24. The van der Waals surface area contributed by atoms with Gasteiger partial charge in [-0.3, -0.25) is 19.2 Å². The highest BCUT2D eigenvalue weighted by molar-refractivity contribution is 5.92. The highest BCUT2D eigenvalue weighted by atomic mass is 16.2. The van der Waals surface area contributed by atoms with Gasteiger partial charge in [0.15, 0.2) is 0 Å². The molecule has 1 saturated heterocycles. The van der Waals surface area contributed by atoms with Crippen LogP contribution < -0.4 is 10.9 Å². The zero-order valence-electron chi connectivity index (χ0n) is 16.0. The minimum Gasteiger partial charge on any atom is -0.319 e.